The van der Waals surface area contributed by atoms with Crippen LogP contribution in [0.15, 0.2) is 24.3 Å². The van der Waals surface area contributed by atoms with E-state index in [9.17, 15) is 0 Å². The molecule has 1 aromatic carbocycles. The van der Waals surface area contributed by atoms with Crippen molar-refractivity contribution in [1.29, 1.82) is 0 Å². The molecule has 0 bridgehead atoms. The number of rotatable bonds is 0. The normalized spacial score (nSPS) is 22.1. The summed E-state index contributed by atoms with van der Waals surface area (Å²) < 4.78 is 6.13. The lowest BCUT2D eigenvalue weighted by Gasteiger charge is -2.42. The van der Waals surface area contributed by atoms with E-state index in [2.05, 4.69) is 5.32 Å². The Labute approximate surface area is 101 Å². The summed E-state index contributed by atoms with van der Waals surface area (Å²) in [6.07, 6.45) is 5.86. The summed E-state index contributed by atoms with van der Waals surface area (Å²) in [5, 5.41) is 3.40. The van der Waals surface area contributed by atoms with Gasteiger partial charge in [0.2, 0.25) is 0 Å². The molecule has 1 aliphatic heterocycles. The van der Waals surface area contributed by atoms with Crippen LogP contribution in [0, 0.1) is 0 Å². The van der Waals surface area contributed by atoms with Crippen molar-refractivity contribution in [2.75, 3.05) is 0 Å². The number of thiocarbonyl (C=S) groups is 1. The summed E-state index contributed by atoms with van der Waals surface area (Å²) in [6.45, 7) is 0. The Morgan fingerprint density at radius 2 is 1.88 bits per heavy atom. The molecular weight excluding hydrogens is 218 g/mol. The van der Waals surface area contributed by atoms with Crippen LogP contribution in [-0.2, 0) is 0 Å². The highest BCUT2D eigenvalue weighted by molar-refractivity contribution is 7.80. The SMILES string of the molecule is S=C1NC2(CCCCC2)Oc2ccccc21. The van der Waals surface area contributed by atoms with Crippen molar-refractivity contribution < 1.29 is 4.74 Å². The fourth-order valence-corrected chi connectivity index (χ4v) is 2.96. The van der Waals surface area contributed by atoms with Crippen LogP contribution in [0.2, 0.25) is 0 Å². The zero-order valence-electron chi connectivity index (χ0n) is 9.16. The van der Waals surface area contributed by atoms with Crippen LogP contribution in [0.25, 0.3) is 0 Å². The second-order valence-electron chi connectivity index (χ2n) is 4.61. The number of hydrogen-bond acceptors (Lipinski definition) is 2. The molecule has 3 rings (SSSR count). The predicted molar refractivity (Wildman–Crippen MR) is 67.7 cm³/mol. The number of fused-ring (bicyclic) bond motifs is 1. The fraction of sp³-hybridized carbons (Fsp3) is 0.462. The minimum absolute atomic E-state index is 0.219. The minimum Gasteiger partial charge on any atom is -0.467 e. The van der Waals surface area contributed by atoms with Gasteiger partial charge in [0.25, 0.3) is 0 Å². The third-order valence-electron chi connectivity index (χ3n) is 3.44. The fourth-order valence-electron chi connectivity index (χ4n) is 2.60. The standard InChI is InChI=1S/C13H15NOS/c16-12-10-6-2-3-7-11(10)15-13(14-12)8-4-1-5-9-13/h2-3,6-7H,1,4-5,8-9H2,(H,14,16). The van der Waals surface area contributed by atoms with Gasteiger partial charge in [0.05, 0.1) is 5.56 Å². The molecular formula is C13H15NOS. The highest BCUT2D eigenvalue weighted by atomic mass is 32.1. The number of benzene rings is 1. The van der Waals surface area contributed by atoms with Crippen LogP contribution in [-0.4, -0.2) is 10.7 Å². The van der Waals surface area contributed by atoms with Crippen LogP contribution in [0.3, 0.4) is 0 Å². The van der Waals surface area contributed by atoms with Crippen molar-refractivity contribution in [2.45, 2.75) is 37.8 Å². The molecule has 0 aromatic heterocycles. The van der Waals surface area contributed by atoms with Crippen LogP contribution in [0.1, 0.15) is 37.7 Å². The average Bonchev–Trinajstić information content (AvgIpc) is 2.30. The highest BCUT2D eigenvalue weighted by Crippen LogP contribution is 2.36. The third-order valence-corrected chi connectivity index (χ3v) is 3.76. The summed E-state index contributed by atoms with van der Waals surface area (Å²) in [7, 11) is 0. The second kappa shape index (κ2) is 3.74. The Bertz CT molecular complexity index is 424. The van der Waals surface area contributed by atoms with Gasteiger partial charge in [0.1, 0.15) is 10.7 Å². The Kier molecular flexibility index (Phi) is 2.36. The largest absolute Gasteiger partial charge is 0.467 e. The lowest BCUT2D eigenvalue weighted by molar-refractivity contribution is 0.0111. The molecule has 0 amide bonds. The summed E-state index contributed by atoms with van der Waals surface area (Å²) in [5.74, 6) is 0.938. The second-order valence-corrected chi connectivity index (χ2v) is 5.02. The Morgan fingerprint density at radius 3 is 2.69 bits per heavy atom. The Morgan fingerprint density at radius 1 is 1.12 bits per heavy atom. The number of nitrogens with one attached hydrogen (secondary N) is 1. The van der Waals surface area contributed by atoms with Gasteiger partial charge in [-0.15, -0.1) is 0 Å². The van der Waals surface area contributed by atoms with Crippen LogP contribution in [0.4, 0.5) is 0 Å². The summed E-state index contributed by atoms with van der Waals surface area (Å²) in [5.41, 5.74) is 0.803. The van der Waals surface area contributed by atoms with E-state index in [0.717, 1.165) is 29.1 Å². The van der Waals surface area contributed by atoms with Gasteiger partial charge in [0.15, 0.2) is 5.72 Å². The Hall–Kier alpha value is -1.09. The smallest absolute Gasteiger partial charge is 0.181 e. The quantitative estimate of drug-likeness (QED) is 0.696. The van der Waals surface area contributed by atoms with E-state index in [1.54, 1.807) is 0 Å². The molecule has 0 atom stereocenters. The third kappa shape index (κ3) is 1.59. The van der Waals surface area contributed by atoms with E-state index >= 15 is 0 Å². The molecule has 84 valence electrons. The molecule has 1 N–H and O–H groups in total. The molecule has 0 unspecified atom stereocenters. The lowest BCUT2D eigenvalue weighted by atomic mass is 9.90. The summed E-state index contributed by atoms with van der Waals surface area (Å²) >= 11 is 5.42. The molecule has 16 heavy (non-hydrogen) atoms. The van der Waals surface area contributed by atoms with Gasteiger partial charge < -0.3 is 10.1 Å². The zero-order chi connectivity index (χ0) is 11.0. The first-order valence-corrected chi connectivity index (χ1v) is 6.31. The van der Waals surface area contributed by atoms with Crippen LogP contribution >= 0.6 is 12.2 Å². The monoisotopic (exact) mass is 233 g/mol. The molecule has 3 heteroatoms. The van der Waals surface area contributed by atoms with Gasteiger partial charge in [-0.25, -0.2) is 0 Å². The zero-order valence-corrected chi connectivity index (χ0v) is 9.98. The van der Waals surface area contributed by atoms with Crippen molar-refractivity contribution in [3.05, 3.63) is 29.8 Å². The maximum Gasteiger partial charge on any atom is 0.181 e. The van der Waals surface area contributed by atoms with Gasteiger partial charge in [-0.05, 0) is 25.0 Å². The Balaban J connectivity index is 1.96. The number of ether oxygens (including phenoxy) is 1. The van der Waals surface area contributed by atoms with Crippen molar-refractivity contribution in [3.63, 3.8) is 0 Å². The van der Waals surface area contributed by atoms with E-state index < -0.39 is 0 Å². The van der Waals surface area contributed by atoms with Gasteiger partial charge >= 0.3 is 0 Å². The number of hydrogen-bond donors (Lipinski definition) is 1. The van der Waals surface area contributed by atoms with E-state index in [0.29, 0.717) is 0 Å². The summed E-state index contributed by atoms with van der Waals surface area (Å²) in [6, 6.07) is 8.03. The maximum atomic E-state index is 6.13. The molecule has 1 aromatic rings. The molecule has 0 radical (unpaired) electrons. The molecule has 1 heterocycles. The minimum atomic E-state index is -0.219. The molecule has 1 spiro atoms. The highest BCUT2D eigenvalue weighted by Gasteiger charge is 2.38. The van der Waals surface area contributed by atoms with Gasteiger partial charge in [-0.1, -0.05) is 30.8 Å². The van der Waals surface area contributed by atoms with Gasteiger partial charge in [0, 0.05) is 12.8 Å². The van der Waals surface area contributed by atoms with Crippen molar-refractivity contribution in [3.8, 4) is 5.75 Å². The first kappa shape index (κ1) is 10.1. The number of para-hydroxylation sites is 1. The van der Waals surface area contributed by atoms with Crippen molar-refractivity contribution >= 4 is 17.2 Å². The van der Waals surface area contributed by atoms with E-state index in [1.165, 1.54) is 19.3 Å². The predicted octanol–water partition coefficient (Wildman–Crippen LogP) is 3.00. The maximum absolute atomic E-state index is 6.13. The molecule has 2 aliphatic rings. The lowest BCUT2D eigenvalue weighted by Crippen LogP contribution is -2.56. The van der Waals surface area contributed by atoms with E-state index in [4.69, 9.17) is 17.0 Å². The first-order valence-electron chi connectivity index (χ1n) is 5.90. The molecule has 1 fully saturated rings. The molecule has 1 saturated carbocycles. The van der Waals surface area contributed by atoms with Crippen LogP contribution in [0.5, 0.6) is 5.75 Å². The molecule has 1 aliphatic carbocycles. The summed E-state index contributed by atoms with van der Waals surface area (Å²) in [4.78, 5) is 0.837. The van der Waals surface area contributed by atoms with Crippen molar-refractivity contribution in [1.82, 2.24) is 5.32 Å². The first-order chi connectivity index (χ1) is 7.79. The van der Waals surface area contributed by atoms with E-state index in [-0.39, 0.29) is 5.72 Å². The van der Waals surface area contributed by atoms with Crippen molar-refractivity contribution in [2.24, 2.45) is 0 Å². The van der Waals surface area contributed by atoms with Gasteiger partial charge in [-0.3, -0.25) is 0 Å². The van der Waals surface area contributed by atoms with Gasteiger partial charge in [-0.2, -0.15) is 0 Å². The topological polar surface area (TPSA) is 21.3 Å². The van der Waals surface area contributed by atoms with E-state index in [1.807, 2.05) is 24.3 Å². The molecule has 0 saturated heterocycles. The molecule has 2 nitrogen and oxygen atoms in total. The van der Waals surface area contributed by atoms with Crippen LogP contribution < -0.4 is 10.1 Å². The average molecular weight is 233 g/mol.